The molecular weight excluding hydrogens is 384 g/mol. The Balaban J connectivity index is 1.55. The van der Waals surface area contributed by atoms with Crippen LogP contribution in [0.4, 0.5) is 23.0 Å². The second-order valence-electron chi connectivity index (χ2n) is 7.38. The Morgan fingerprint density at radius 3 is 2.57 bits per heavy atom. The van der Waals surface area contributed by atoms with Gasteiger partial charge in [-0.3, -0.25) is 10.1 Å². The molecule has 1 saturated heterocycles. The summed E-state index contributed by atoms with van der Waals surface area (Å²) < 4.78 is 1.64. The molecule has 0 radical (unpaired) electrons. The average Bonchev–Trinajstić information content (AvgIpc) is 3.30. The molecule has 1 aliphatic rings. The van der Waals surface area contributed by atoms with E-state index in [1.165, 1.54) is 25.5 Å². The van der Waals surface area contributed by atoms with Crippen molar-refractivity contribution in [1.82, 2.24) is 24.7 Å². The highest BCUT2D eigenvalue weighted by Crippen LogP contribution is 2.36. The molecule has 4 rings (SSSR count). The average molecular weight is 408 g/mol. The van der Waals surface area contributed by atoms with Crippen LogP contribution in [-0.2, 0) is 0 Å². The van der Waals surface area contributed by atoms with E-state index < -0.39 is 4.92 Å². The van der Waals surface area contributed by atoms with E-state index in [0.717, 1.165) is 31.6 Å². The summed E-state index contributed by atoms with van der Waals surface area (Å²) in [6, 6.07) is 7.34. The van der Waals surface area contributed by atoms with Crippen molar-refractivity contribution >= 4 is 23.0 Å². The first-order valence-corrected chi connectivity index (χ1v) is 10.1. The summed E-state index contributed by atoms with van der Waals surface area (Å²) >= 11 is 0. The van der Waals surface area contributed by atoms with Crippen LogP contribution in [-0.4, -0.2) is 42.7 Å². The van der Waals surface area contributed by atoms with Gasteiger partial charge in [0.15, 0.2) is 0 Å². The van der Waals surface area contributed by atoms with Crippen molar-refractivity contribution in [3.8, 4) is 5.69 Å². The zero-order valence-electron chi connectivity index (χ0n) is 16.8. The van der Waals surface area contributed by atoms with Crippen LogP contribution in [0.5, 0.6) is 0 Å². The van der Waals surface area contributed by atoms with Gasteiger partial charge in [-0.1, -0.05) is 19.8 Å². The SMILES string of the molecule is CCCC1CCN(c2ncnc(Nc3ccc(-n4cncn4)cc3)c2[N+](=O)[O-])CC1. The summed E-state index contributed by atoms with van der Waals surface area (Å²) in [7, 11) is 0. The van der Waals surface area contributed by atoms with Gasteiger partial charge in [-0.05, 0) is 43.0 Å². The summed E-state index contributed by atoms with van der Waals surface area (Å²) in [5.41, 5.74) is 1.44. The van der Waals surface area contributed by atoms with Crippen LogP contribution in [0, 0.1) is 16.0 Å². The number of piperidine rings is 1. The number of rotatable bonds is 7. The first kappa shape index (κ1) is 19.7. The Morgan fingerprint density at radius 2 is 1.93 bits per heavy atom. The van der Waals surface area contributed by atoms with Gasteiger partial charge in [0.25, 0.3) is 0 Å². The number of anilines is 3. The van der Waals surface area contributed by atoms with Crippen molar-refractivity contribution in [3.63, 3.8) is 0 Å². The fourth-order valence-electron chi connectivity index (χ4n) is 3.88. The maximum Gasteiger partial charge on any atom is 0.353 e. The fourth-order valence-corrected chi connectivity index (χ4v) is 3.88. The van der Waals surface area contributed by atoms with E-state index in [2.05, 4.69) is 32.3 Å². The Morgan fingerprint density at radius 1 is 1.17 bits per heavy atom. The van der Waals surface area contributed by atoms with E-state index in [9.17, 15) is 10.1 Å². The zero-order valence-corrected chi connectivity index (χ0v) is 16.8. The van der Waals surface area contributed by atoms with E-state index >= 15 is 0 Å². The minimum absolute atomic E-state index is 0.0909. The van der Waals surface area contributed by atoms with Crippen molar-refractivity contribution in [2.24, 2.45) is 5.92 Å². The van der Waals surface area contributed by atoms with Gasteiger partial charge in [-0.25, -0.2) is 19.6 Å². The molecule has 1 aliphatic heterocycles. The van der Waals surface area contributed by atoms with Crippen molar-refractivity contribution in [2.75, 3.05) is 23.3 Å². The molecule has 3 heterocycles. The molecule has 0 amide bonds. The molecule has 30 heavy (non-hydrogen) atoms. The number of benzene rings is 1. The van der Waals surface area contributed by atoms with Crippen LogP contribution in [0.2, 0.25) is 0 Å². The summed E-state index contributed by atoms with van der Waals surface area (Å²) in [6.07, 6.45) is 8.88. The third-order valence-corrected chi connectivity index (χ3v) is 5.41. The largest absolute Gasteiger partial charge is 0.353 e. The van der Waals surface area contributed by atoms with Crippen molar-refractivity contribution < 1.29 is 4.92 Å². The van der Waals surface area contributed by atoms with Gasteiger partial charge in [-0.2, -0.15) is 5.10 Å². The standard InChI is InChI=1S/C20H24N8O2/c1-2-3-15-8-10-26(11-9-15)20-18(28(29)30)19(22-13-23-20)25-16-4-6-17(7-5-16)27-14-21-12-24-27/h4-7,12-15H,2-3,8-11H2,1H3,(H,22,23,25). The molecule has 0 atom stereocenters. The first-order chi connectivity index (χ1) is 14.7. The predicted molar refractivity (Wildman–Crippen MR) is 113 cm³/mol. The lowest BCUT2D eigenvalue weighted by atomic mass is 9.92. The Kier molecular flexibility index (Phi) is 5.82. The molecule has 0 saturated carbocycles. The first-order valence-electron chi connectivity index (χ1n) is 10.1. The fraction of sp³-hybridized carbons (Fsp3) is 0.400. The van der Waals surface area contributed by atoms with Crippen LogP contribution in [0.3, 0.4) is 0 Å². The molecule has 1 aromatic carbocycles. The summed E-state index contributed by atoms with van der Waals surface area (Å²) in [5.74, 6) is 1.26. The molecule has 2 aromatic heterocycles. The smallest absolute Gasteiger partial charge is 0.351 e. The highest BCUT2D eigenvalue weighted by molar-refractivity contribution is 5.74. The van der Waals surface area contributed by atoms with Crippen LogP contribution >= 0.6 is 0 Å². The number of nitro groups is 1. The lowest BCUT2D eigenvalue weighted by Gasteiger charge is -2.32. The van der Waals surface area contributed by atoms with Crippen molar-refractivity contribution in [1.29, 1.82) is 0 Å². The number of nitrogens with zero attached hydrogens (tertiary/aromatic N) is 7. The van der Waals surface area contributed by atoms with E-state index in [1.807, 2.05) is 29.2 Å². The Bertz CT molecular complexity index is 983. The number of nitrogens with one attached hydrogen (secondary N) is 1. The topological polar surface area (TPSA) is 115 Å². The molecule has 156 valence electrons. The maximum atomic E-state index is 11.9. The molecule has 0 spiro atoms. The van der Waals surface area contributed by atoms with Gasteiger partial charge in [0, 0.05) is 18.8 Å². The van der Waals surface area contributed by atoms with Gasteiger partial charge < -0.3 is 10.2 Å². The number of hydrogen-bond acceptors (Lipinski definition) is 8. The highest BCUT2D eigenvalue weighted by atomic mass is 16.6. The second kappa shape index (κ2) is 8.85. The molecule has 0 unspecified atom stereocenters. The highest BCUT2D eigenvalue weighted by Gasteiger charge is 2.29. The molecular formula is C20H24N8O2. The number of hydrogen-bond donors (Lipinski definition) is 1. The van der Waals surface area contributed by atoms with Crippen LogP contribution < -0.4 is 10.2 Å². The lowest BCUT2D eigenvalue weighted by molar-refractivity contribution is -0.383. The monoisotopic (exact) mass is 408 g/mol. The Hall–Kier alpha value is -3.56. The maximum absolute atomic E-state index is 11.9. The van der Waals surface area contributed by atoms with Crippen LogP contribution in [0.25, 0.3) is 5.69 Å². The third-order valence-electron chi connectivity index (χ3n) is 5.41. The third kappa shape index (κ3) is 4.22. The van der Waals surface area contributed by atoms with Crippen LogP contribution in [0.1, 0.15) is 32.6 Å². The van der Waals surface area contributed by atoms with Crippen LogP contribution in [0.15, 0.2) is 43.2 Å². The summed E-state index contributed by atoms with van der Waals surface area (Å²) in [6.45, 7) is 3.74. The molecule has 0 aliphatic carbocycles. The van der Waals surface area contributed by atoms with Gasteiger partial charge in [0.1, 0.15) is 19.0 Å². The second-order valence-corrected chi connectivity index (χ2v) is 7.38. The molecule has 10 heteroatoms. The van der Waals surface area contributed by atoms with E-state index in [-0.39, 0.29) is 11.5 Å². The summed E-state index contributed by atoms with van der Waals surface area (Å²) in [4.78, 5) is 25.8. The molecule has 1 N–H and O–H groups in total. The van der Waals surface area contributed by atoms with Crippen molar-refractivity contribution in [2.45, 2.75) is 32.6 Å². The van der Waals surface area contributed by atoms with Gasteiger partial charge in [0.05, 0.1) is 10.6 Å². The summed E-state index contributed by atoms with van der Waals surface area (Å²) in [5, 5.41) is 19.0. The van der Waals surface area contributed by atoms with E-state index in [4.69, 9.17) is 0 Å². The minimum atomic E-state index is -0.403. The molecule has 3 aromatic rings. The lowest BCUT2D eigenvalue weighted by Crippen LogP contribution is -2.34. The molecule has 10 nitrogen and oxygen atoms in total. The zero-order chi connectivity index (χ0) is 20.9. The van der Waals surface area contributed by atoms with Gasteiger partial charge in [-0.15, -0.1) is 0 Å². The number of aromatic nitrogens is 5. The minimum Gasteiger partial charge on any atom is -0.351 e. The van der Waals surface area contributed by atoms with Gasteiger partial charge >= 0.3 is 5.69 Å². The quantitative estimate of drug-likeness (QED) is 0.464. The van der Waals surface area contributed by atoms with Gasteiger partial charge in [0.2, 0.25) is 11.6 Å². The predicted octanol–water partition coefficient (Wildman–Crippen LogP) is 3.73. The van der Waals surface area contributed by atoms with E-state index in [0.29, 0.717) is 17.4 Å². The molecule has 1 fully saturated rings. The Labute approximate surface area is 174 Å². The molecule has 0 bridgehead atoms. The van der Waals surface area contributed by atoms with Crippen molar-refractivity contribution in [3.05, 3.63) is 53.4 Å². The normalized spacial score (nSPS) is 14.6. The van der Waals surface area contributed by atoms with E-state index in [1.54, 1.807) is 11.0 Å².